The summed E-state index contributed by atoms with van der Waals surface area (Å²) in [7, 11) is 0. The van der Waals surface area contributed by atoms with Gasteiger partial charge in [-0.15, -0.1) is 0 Å². The number of hydrogen-bond acceptors (Lipinski definition) is 5. The number of nitrogens with two attached hydrogens (primary N) is 1. The maximum atomic E-state index is 12.2. The molecule has 0 spiro atoms. The molecule has 1 aromatic carbocycles. The zero-order valence-corrected chi connectivity index (χ0v) is 16.3. The highest BCUT2D eigenvalue weighted by Gasteiger charge is 2.23. The molecule has 2 unspecified atom stereocenters. The van der Waals surface area contributed by atoms with Crippen LogP contribution in [0.25, 0.3) is 0 Å². The topological polar surface area (TPSA) is 82.8 Å². The van der Waals surface area contributed by atoms with Crippen molar-refractivity contribution in [2.75, 3.05) is 24.3 Å². The second-order valence-corrected chi connectivity index (χ2v) is 6.38. The van der Waals surface area contributed by atoms with Crippen molar-refractivity contribution >= 4 is 17.5 Å². The van der Waals surface area contributed by atoms with Crippen LogP contribution in [0, 0.1) is 0 Å². The van der Waals surface area contributed by atoms with Crippen LogP contribution in [0.15, 0.2) is 24.3 Å². The van der Waals surface area contributed by atoms with E-state index in [1.165, 1.54) is 0 Å². The average molecular weight is 367 g/mol. The fourth-order valence-electron chi connectivity index (χ4n) is 2.34. The standard InChI is InChI=1S/C20H34N2O4/c1-4-6-8-14-24-16(3)19(25-15-9-7-5-2)26-20(23)22-18-12-10-17(21)11-13-18/h10-13,16,19H,4-9,14-15,21H2,1-3H3,(H,22,23). The lowest BCUT2D eigenvalue weighted by Crippen LogP contribution is -2.36. The molecule has 0 saturated carbocycles. The first-order valence-corrected chi connectivity index (χ1v) is 9.63. The maximum Gasteiger partial charge on any atom is 0.414 e. The molecule has 0 saturated heterocycles. The third-order valence-corrected chi connectivity index (χ3v) is 3.92. The Bertz CT molecular complexity index is 493. The molecule has 2 atom stereocenters. The van der Waals surface area contributed by atoms with E-state index in [1.54, 1.807) is 24.3 Å². The highest BCUT2D eigenvalue weighted by atomic mass is 16.7. The molecule has 0 aromatic heterocycles. The smallest absolute Gasteiger partial charge is 0.414 e. The minimum Gasteiger partial charge on any atom is -0.416 e. The molecule has 0 radical (unpaired) electrons. The van der Waals surface area contributed by atoms with Gasteiger partial charge in [0.05, 0.1) is 6.61 Å². The second-order valence-electron chi connectivity index (χ2n) is 6.38. The third-order valence-electron chi connectivity index (χ3n) is 3.92. The Morgan fingerprint density at radius 1 is 1.00 bits per heavy atom. The van der Waals surface area contributed by atoms with Crippen molar-refractivity contribution in [2.45, 2.75) is 71.7 Å². The first kappa shape index (κ1) is 22.3. The minimum atomic E-state index is -0.734. The summed E-state index contributed by atoms with van der Waals surface area (Å²) in [6, 6.07) is 6.87. The van der Waals surface area contributed by atoms with Gasteiger partial charge < -0.3 is 19.9 Å². The molecule has 1 rings (SSSR count). The molecule has 1 aromatic rings. The normalized spacial score (nSPS) is 13.2. The van der Waals surface area contributed by atoms with Crippen LogP contribution in [-0.2, 0) is 14.2 Å². The van der Waals surface area contributed by atoms with Crippen LogP contribution in [0.5, 0.6) is 0 Å². The van der Waals surface area contributed by atoms with E-state index in [0.717, 1.165) is 38.5 Å². The second kappa shape index (κ2) is 13.4. The van der Waals surface area contributed by atoms with Gasteiger partial charge in [0, 0.05) is 18.0 Å². The molecule has 0 aliphatic rings. The van der Waals surface area contributed by atoms with Gasteiger partial charge in [0.15, 0.2) is 0 Å². The predicted octanol–water partition coefficient (Wildman–Crippen LogP) is 4.95. The van der Waals surface area contributed by atoms with E-state index in [4.69, 9.17) is 19.9 Å². The molecule has 6 heteroatoms. The van der Waals surface area contributed by atoms with Gasteiger partial charge in [-0.05, 0) is 44.0 Å². The SMILES string of the molecule is CCCCCOC(C)C(OCCCCC)OC(=O)Nc1ccc(N)cc1. The average Bonchev–Trinajstić information content (AvgIpc) is 2.63. The van der Waals surface area contributed by atoms with Gasteiger partial charge in [-0.2, -0.15) is 0 Å². The summed E-state index contributed by atoms with van der Waals surface area (Å²) in [4.78, 5) is 12.2. The molecule has 148 valence electrons. The number of carbonyl (C=O) groups excluding carboxylic acids is 1. The highest BCUT2D eigenvalue weighted by Crippen LogP contribution is 2.14. The highest BCUT2D eigenvalue weighted by molar-refractivity contribution is 5.84. The fraction of sp³-hybridized carbons (Fsp3) is 0.650. The van der Waals surface area contributed by atoms with Gasteiger partial charge in [-0.1, -0.05) is 39.5 Å². The Labute approximate surface area is 157 Å². The molecule has 26 heavy (non-hydrogen) atoms. The molecule has 1 amide bonds. The number of nitrogens with one attached hydrogen (secondary N) is 1. The van der Waals surface area contributed by atoms with Crippen LogP contribution >= 0.6 is 0 Å². The van der Waals surface area contributed by atoms with E-state index in [1.807, 2.05) is 6.92 Å². The summed E-state index contributed by atoms with van der Waals surface area (Å²) in [5, 5.41) is 2.68. The summed E-state index contributed by atoms with van der Waals surface area (Å²) in [5.41, 5.74) is 6.90. The number of ether oxygens (including phenoxy) is 3. The number of unbranched alkanes of at least 4 members (excludes halogenated alkanes) is 4. The molecule has 0 aliphatic carbocycles. The summed E-state index contributed by atoms with van der Waals surface area (Å²) in [5.74, 6) is 0. The number of anilines is 2. The summed E-state index contributed by atoms with van der Waals surface area (Å²) >= 11 is 0. The first-order chi connectivity index (χ1) is 12.6. The van der Waals surface area contributed by atoms with Gasteiger partial charge >= 0.3 is 6.09 Å². The predicted molar refractivity (Wildman–Crippen MR) is 105 cm³/mol. The summed E-state index contributed by atoms with van der Waals surface area (Å²) in [6.07, 6.45) is 4.72. The Hall–Kier alpha value is -1.79. The van der Waals surface area contributed by atoms with Gasteiger partial charge in [-0.25, -0.2) is 4.79 Å². The lowest BCUT2D eigenvalue weighted by Gasteiger charge is -2.24. The van der Waals surface area contributed by atoms with Crippen molar-refractivity contribution in [1.29, 1.82) is 0 Å². The van der Waals surface area contributed by atoms with Crippen LogP contribution in [0.1, 0.15) is 59.3 Å². The number of carbonyl (C=O) groups is 1. The first-order valence-electron chi connectivity index (χ1n) is 9.63. The molecule has 0 aliphatic heterocycles. The van der Waals surface area contributed by atoms with E-state index in [2.05, 4.69) is 19.2 Å². The van der Waals surface area contributed by atoms with E-state index in [0.29, 0.717) is 24.6 Å². The largest absolute Gasteiger partial charge is 0.416 e. The molecule has 0 fully saturated rings. The Kier molecular flexibility index (Phi) is 11.5. The van der Waals surface area contributed by atoms with Crippen molar-refractivity contribution in [1.82, 2.24) is 0 Å². The van der Waals surface area contributed by atoms with Crippen molar-refractivity contribution in [2.24, 2.45) is 0 Å². The molecule has 6 nitrogen and oxygen atoms in total. The monoisotopic (exact) mass is 366 g/mol. The molecule has 0 bridgehead atoms. The quantitative estimate of drug-likeness (QED) is 0.293. The minimum absolute atomic E-state index is 0.328. The van der Waals surface area contributed by atoms with Crippen molar-refractivity contribution in [3.8, 4) is 0 Å². The van der Waals surface area contributed by atoms with Gasteiger partial charge in [0.25, 0.3) is 0 Å². The van der Waals surface area contributed by atoms with Crippen molar-refractivity contribution in [3.63, 3.8) is 0 Å². The van der Waals surface area contributed by atoms with E-state index in [9.17, 15) is 4.79 Å². The van der Waals surface area contributed by atoms with E-state index in [-0.39, 0.29) is 6.10 Å². The fourth-order valence-corrected chi connectivity index (χ4v) is 2.34. The number of rotatable bonds is 13. The Morgan fingerprint density at radius 3 is 2.15 bits per heavy atom. The van der Waals surface area contributed by atoms with Crippen LogP contribution in [0.2, 0.25) is 0 Å². The zero-order valence-electron chi connectivity index (χ0n) is 16.3. The van der Waals surface area contributed by atoms with Crippen LogP contribution in [0.4, 0.5) is 16.2 Å². The van der Waals surface area contributed by atoms with Crippen LogP contribution in [-0.4, -0.2) is 31.7 Å². The lowest BCUT2D eigenvalue weighted by atomic mass is 10.2. The van der Waals surface area contributed by atoms with Crippen molar-refractivity contribution < 1.29 is 19.0 Å². The summed E-state index contributed by atoms with van der Waals surface area (Å²) < 4.78 is 17.0. The molecule has 3 N–H and O–H groups in total. The van der Waals surface area contributed by atoms with Gasteiger partial charge in [0.2, 0.25) is 6.29 Å². The third kappa shape index (κ3) is 9.63. The number of benzene rings is 1. The van der Waals surface area contributed by atoms with Gasteiger partial charge in [0.1, 0.15) is 6.10 Å². The molecular formula is C20H34N2O4. The Morgan fingerprint density at radius 2 is 1.58 bits per heavy atom. The molecule has 0 heterocycles. The number of nitrogen functional groups attached to an aromatic ring is 1. The maximum absolute atomic E-state index is 12.2. The van der Waals surface area contributed by atoms with Crippen LogP contribution < -0.4 is 11.1 Å². The number of amides is 1. The van der Waals surface area contributed by atoms with Gasteiger partial charge in [-0.3, -0.25) is 5.32 Å². The lowest BCUT2D eigenvalue weighted by molar-refractivity contribution is -0.171. The van der Waals surface area contributed by atoms with Crippen LogP contribution in [0.3, 0.4) is 0 Å². The van der Waals surface area contributed by atoms with E-state index < -0.39 is 12.4 Å². The zero-order chi connectivity index (χ0) is 19.2. The number of hydrogen-bond donors (Lipinski definition) is 2. The molecular weight excluding hydrogens is 332 g/mol. The summed E-state index contributed by atoms with van der Waals surface area (Å²) in [6.45, 7) is 7.32. The Balaban J connectivity index is 2.52. The van der Waals surface area contributed by atoms with E-state index >= 15 is 0 Å². The van der Waals surface area contributed by atoms with Crippen molar-refractivity contribution in [3.05, 3.63) is 24.3 Å².